The van der Waals surface area contributed by atoms with Gasteiger partial charge in [-0.2, -0.15) is 0 Å². The van der Waals surface area contributed by atoms with Crippen LogP contribution in [0, 0.1) is 5.92 Å². The van der Waals surface area contributed by atoms with Gasteiger partial charge in [0.15, 0.2) is 0 Å². The van der Waals surface area contributed by atoms with Crippen LogP contribution in [-0.4, -0.2) is 0 Å². The van der Waals surface area contributed by atoms with Crippen LogP contribution in [0.15, 0.2) is 29.4 Å². The Balaban J connectivity index is 3.48. The van der Waals surface area contributed by atoms with Gasteiger partial charge in [0.2, 0.25) is 0 Å². The van der Waals surface area contributed by atoms with Gasteiger partial charge >= 0.3 is 0 Å². The van der Waals surface area contributed by atoms with Crippen molar-refractivity contribution in [2.45, 2.75) is 13.8 Å². The zero-order valence-corrected chi connectivity index (χ0v) is 7.63. The molecule has 0 aliphatic rings. The van der Waals surface area contributed by atoms with E-state index in [9.17, 15) is 0 Å². The summed E-state index contributed by atoms with van der Waals surface area (Å²) in [6.07, 6.45) is 3.49. The lowest BCUT2D eigenvalue weighted by molar-refractivity contribution is 0.524. The lowest BCUT2D eigenvalue weighted by atomic mass is 10.0. The van der Waals surface area contributed by atoms with Crippen LogP contribution in [-0.2, 0) is 0 Å². The molecule has 12 heavy (non-hydrogen) atoms. The maximum Gasteiger partial charge on any atom is 0.136 e. The third-order valence-corrected chi connectivity index (χ3v) is 1.85. The third-order valence-electron chi connectivity index (χ3n) is 1.85. The monoisotopic (exact) mass is 162 g/mol. The minimum Gasteiger partial charge on any atom is -0.464 e. The summed E-state index contributed by atoms with van der Waals surface area (Å²) in [5.41, 5.74) is 1.98. The summed E-state index contributed by atoms with van der Waals surface area (Å²) in [6, 6.07) is 1.86. The number of hydrogen-bond acceptors (Lipinski definition) is 1. The molecule has 0 radical (unpaired) electrons. The predicted octanol–water partition coefficient (Wildman–Crippen LogP) is 1.68. The van der Waals surface area contributed by atoms with E-state index < -0.39 is 0 Å². The van der Waals surface area contributed by atoms with Crippen LogP contribution in [0.1, 0.15) is 13.8 Å². The Labute approximate surface area is 72.7 Å². The van der Waals surface area contributed by atoms with Gasteiger partial charge in [0.1, 0.15) is 5.42 Å². The number of hydrogen-bond donors (Lipinski definition) is 0. The molecule has 1 heterocycles. The van der Waals surface area contributed by atoms with Crippen LogP contribution >= 0.6 is 0 Å². The average molecular weight is 162 g/mol. The summed E-state index contributed by atoms with van der Waals surface area (Å²) in [5.74, 6) is 0.425. The smallest absolute Gasteiger partial charge is 0.136 e. The predicted molar refractivity (Wildman–Crippen MR) is 51.9 cm³/mol. The van der Waals surface area contributed by atoms with Crippen molar-refractivity contribution in [3.8, 4) is 0 Å². The van der Waals surface area contributed by atoms with Gasteiger partial charge < -0.3 is 4.42 Å². The molecule has 1 aromatic rings. The molecule has 1 heteroatoms. The van der Waals surface area contributed by atoms with Gasteiger partial charge in [-0.3, -0.25) is 0 Å². The van der Waals surface area contributed by atoms with Gasteiger partial charge in [-0.25, -0.2) is 0 Å². The first-order valence-electron chi connectivity index (χ1n) is 4.06. The zero-order valence-electron chi connectivity index (χ0n) is 7.63. The van der Waals surface area contributed by atoms with E-state index in [0.29, 0.717) is 5.92 Å². The molecule has 1 nitrogen and oxygen atoms in total. The molecule has 0 saturated heterocycles. The normalized spacial score (nSPS) is 13.2. The number of rotatable bonds is 2. The Bertz CT molecular complexity index is 368. The van der Waals surface area contributed by atoms with Gasteiger partial charge in [0.25, 0.3) is 0 Å². The molecule has 1 aromatic heterocycles. The number of allylic oxidation sites excluding steroid dienone is 1. The second kappa shape index (κ2) is 3.44. The number of furan rings is 1. The summed E-state index contributed by atoms with van der Waals surface area (Å²) in [5, 5.41) is 0.929. The topological polar surface area (TPSA) is 13.1 Å². The van der Waals surface area contributed by atoms with Crippen molar-refractivity contribution in [2.24, 2.45) is 5.92 Å². The molecule has 0 aromatic carbocycles. The van der Waals surface area contributed by atoms with Crippen molar-refractivity contribution in [3.05, 3.63) is 35.6 Å². The molecule has 0 unspecified atom stereocenters. The molecule has 0 aliphatic heterocycles. The molecule has 0 bridgehead atoms. The largest absolute Gasteiger partial charge is 0.464 e. The van der Waals surface area contributed by atoms with Gasteiger partial charge in [0, 0.05) is 5.22 Å². The lowest BCUT2D eigenvalue weighted by Crippen LogP contribution is -2.22. The fourth-order valence-corrected chi connectivity index (χ4v) is 1.18. The van der Waals surface area contributed by atoms with Crippen molar-refractivity contribution in [3.63, 3.8) is 0 Å². The first-order chi connectivity index (χ1) is 5.66. The van der Waals surface area contributed by atoms with Crippen LogP contribution < -0.4 is 10.6 Å². The second-order valence-corrected chi connectivity index (χ2v) is 3.09. The second-order valence-electron chi connectivity index (χ2n) is 3.09. The highest BCUT2D eigenvalue weighted by Gasteiger charge is 2.01. The Morgan fingerprint density at radius 1 is 1.58 bits per heavy atom. The lowest BCUT2D eigenvalue weighted by Gasteiger charge is -2.02. The Morgan fingerprint density at radius 2 is 2.25 bits per heavy atom. The van der Waals surface area contributed by atoms with Gasteiger partial charge in [0.05, 0.1) is 6.26 Å². The van der Waals surface area contributed by atoms with Crippen molar-refractivity contribution in [2.75, 3.05) is 0 Å². The van der Waals surface area contributed by atoms with Crippen LogP contribution in [0.5, 0.6) is 0 Å². The van der Waals surface area contributed by atoms with E-state index >= 15 is 0 Å². The van der Waals surface area contributed by atoms with E-state index in [1.165, 1.54) is 0 Å². The summed E-state index contributed by atoms with van der Waals surface area (Å²) < 4.78 is 5.31. The van der Waals surface area contributed by atoms with E-state index in [0.717, 1.165) is 16.2 Å². The van der Waals surface area contributed by atoms with E-state index in [1.54, 1.807) is 6.26 Å². The summed E-state index contributed by atoms with van der Waals surface area (Å²) >= 11 is 0. The van der Waals surface area contributed by atoms with Crippen molar-refractivity contribution >= 4 is 12.2 Å². The fourth-order valence-electron chi connectivity index (χ4n) is 1.18. The van der Waals surface area contributed by atoms with Crippen molar-refractivity contribution in [1.82, 2.24) is 0 Å². The molecule has 0 atom stereocenters. The van der Waals surface area contributed by atoms with Crippen LogP contribution in [0.2, 0.25) is 0 Å². The van der Waals surface area contributed by atoms with Crippen molar-refractivity contribution in [1.29, 1.82) is 0 Å². The maximum atomic E-state index is 5.31. The maximum absolute atomic E-state index is 5.31. The Hall–Kier alpha value is -1.24. The van der Waals surface area contributed by atoms with Gasteiger partial charge in [-0.1, -0.05) is 33.1 Å². The Morgan fingerprint density at radius 3 is 2.58 bits per heavy atom. The quantitative estimate of drug-likeness (QED) is 0.645. The molecule has 0 amide bonds. The highest BCUT2D eigenvalue weighted by Crippen LogP contribution is 2.08. The van der Waals surface area contributed by atoms with Crippen molar-refractivity contribution < 1.29 is 4.42 Å². The molecule has 0 spiro atoms. The molecule has 0 N–H and O–H groups in total. The molecule has 0 aliphatic carbocycles. The summed E-state index contributed by atoms with van der Waals surface area (Å²) in [4.78, 5) is 0. The average Bonchev–Trinajstić information content (AvgIpc) is 2.38. The van der Waals surface area contributed by atoms with E-state index in [1.807, 2.05) is 12.1 Å². The molecular formula is C11H14O. The van der Waals surface area contributed by atoms with Crippen LogP contribution in [0.25, 0.3) is 12.2 Å². The zero-order chi connectivity index (χ0) is 9.14. The summed E-state index contributed by atoms with van der Waals surface area (Å²) in [6.45, 7) is 11.8. The van der Waals surface area contributed by atoms with E-state index in [2.05, 4.69) is 27.0 Å². The first-order valence-corrected chi connectivity index (χ1v) is 4.06. The van der Waals surface area contributed by atoms with E-state index in [-0.39, 0.29) is 0 Å². The highest BCUT2D eigenvalue weighted by atomic mass is 16.3. The molecule has 0 fully saturated rings. The minimum atomic E-state index is 0.425. The van der Waals surface area contributed by atoms with E-state index in [4.69, 9.17) is 4.42 Å². The molecule has 1 rings (SSSR count). The highest BCUT2D eigenvalue weighted by molar-refractivity contribution is 5.55. The van der Waals surface area contributed by atoms with Crippen LogP contribution in [0.3, 0.4) is 0 Å². The van der Waals surface area contributed by atoms with Crippen LogP contribution in [0.4, 0.5) is 0 Å². The molecular weight excluding hydrogens is 148 g/mol. The third kappa shape index (κ3) is 1.50. The van der Waals surface area contributed by atoms with Gasteiger partial charge in [-0.05, 0) is 17.6 Å². The first kappa shape index (κ1) is 8.85. The Kier molecular flexibility index (Phi) is 2.54. The summed E-state index contributed by atoms with van der Waals surface area (Å²) in [7, 11) is 0. The standard InChI is InChI=1S/C11H14O/c1-5-10(8(2)3)11-9(4)6-7-12-11/h5-8H,1,4H2,2-3H3/b11-10-. The fraction of sp³-hybridized carbons (Fsp3) is 0.273. The SMILES string of the molecule is C=C/C(=c1/occc1=C)C(C)C. The molecule has 64 valence electrons. The van der Waals surface area contributed by atoms with Gasteiger partial charge in [-0.15, -0.1) is 0 Å². The minimum absolute atomic E-state index is 0.425. The molecule has 0 saturated carbocycles.